The number of hydrazine groups is 1. The molecule has 0 aliphatic carbocycles. The summed E-state index contributed by atoms with van der Waals surface area (Å²) in [5.74, 6) is -0.689. The summed E-state index contributed by atoms with van der Waals surface area (Å²) in [6, 6.07) is 8.41. The number of nitrogens with one attached hydrogen (secondary N) is 1. The molecule has 1 aromatic rings. The number of likely N-dealkylation sites (tertiary alicyclic amines) is 1. The van der Waals surface area contributed by atoms with Gasteiger partial charge in [-0.1, -0.05) is 20.8 Å². The van der Waals surface area contributed by atoms with E-state index in [4.69, 9.17) is 0 Å². The standard InChI is InChI=1S/C27H35N7O4S/c1-26(2,3)18-22(35)33-16-12-27(11-14-28,13-17-33)34-21-10-15-29-25(36)23(21)24(31-34)30-19-6-8-20(9-7-19)39(37,38)32(4)5/h6-10,15,23H,11-13,16-18H2,1-5H3,(H,30,31). The van der Waals surface area contributed by atoms with Crippen LogP contribution in [0, 0.1) is 22.7 Å². The number of amidine groups is 1. The fourth-order valence-electron chi connectivity index (χ4n) is 5.08. The molecule has 39 heavy (non-hydrogen) atoms. The molecule has 2 saturated heterocycles. The van der Waals surface area contributed by atoms with Crippen LogP contribution < -0.4 is 5.43 Å². The number of rotatable bonds is 6. The molecule has 3 aliphatic rings. The topological polar surface area (TPSA) is 139 Å². The van der Waals surface area contributed by atoms with Crippen LogP contribution in [0.2, 0.25) is 0 Å². The Morgan fingerprint density at radius 1 is 1.23 bits per heavy atom. The molecular formula is C27H35N7O4S. The first-order valence-electron chi connectivity index (χ1n) is 12.9. The molecule has 3 heterocycles. The summed E-state index contributed by atoms with van der Waals surface area (Å²) >= 11 is 0. The van der Waals surface area contributed by atoms with Crippen molar-refractivity contribution >= 4 is 39.6 Å². The molecule has 11 nitrogen and oxygen atoms in total. The minimum absolute atomic E-state index is 0.0986. The third kappa shape index (κ3) is 5.74. The van der Waals surface area contributed by atoms with Gasteiger partial charge in [-0.2, -0.15) is 5.26 Å². The van der Waals surface area contributed by atoms with Gasteiger partial charge in [0.25, 0.3) is 5.91 Å². The number of aliphatic imine (C=N–C) groups is 2. The predicted octanol–water partition coefficient (Wildman–Crippen LogP) is 2.61. The second-order valence-corrected chi connectivity index (χ2v) is 13.7. The van der Waals surface area contributed by atoms with Crippen molar-refractivity contribution in [1.29, 1.82) is 5.26 Å². The lowest BCUT2D eigenvalue weighted by molar-refractivity contribution is -0.135. The van der Waals surface area contributed by atoms with Crippen LogP contribution in [0.1, 0.15) is 46.5 Å². The van der Waals surface area contributed by atoms with Crippen LogP contribution in [0.25, 0.3) is 0 Å². The number of dihydropyridines is 1. The molecule has 0 saturated carbocycles. The number of benzene rings is 1. The smallest absolute Gasteiger partial charge is 0.262 e. The quantitative estimate of drug-likeness (QED) is 0.571. The number of hydrogen-bond donors (Lipinski definition) is 1. The van der Waals surface area contributed by atoms with Crippen molar-refractivity contribution in [2.45, 2.75) is 56.9 Å². The maximum Gasteiger partial charge on any atom is 0.262 e. The molecule has 4 rings (SSSR count). The molecule has 12 heteroatoms. The summed E-state index contributed by atoms with van der Waals surface area (Å²) in [6.07, 6.45) is 4.94. The second-order valence-electron chi connectivity index (χ2n) is 11.5. The average Bonchev–Trinajstić information content (AvgIpc) is 3.24. The number of carbonyl (C=O) groups is 2. The molecule has 208 valence electrons. The number of carbonyl (C=O) groups excluding carboxylic acids is 2. The van der Waals surface area contributed by atoms with Crippen LogP contribution in [0.4, 0.5) is 5.69 Å². The average molecular weight is 554 g/mol. The lowest BCUT2D eigenvalue weighted by atomic mass is 9.82. The normalized spacial score (nSPS) is 22.0. The lowest BCUT2D eigenvalue weighted by Crippen LogP contribution is -2.58. The highest BCUT2D eigenvalue weighted by atomic mass is 32.2. The number of sulfonamides is 1. The van der Waals surface area contributed by atoms with Crippen molar-refractivity contribution in [1.82, 2.24) is 19.6 Å². The Hall–Kier alpha value is -3.56. The van der Waals surface area contributed by atoms with E-state index in [1.807, 2.05) is 30.7 Å². The Labute approximate surface area is 229 Å². The van der Waals surface area contributed by atoms with Crippen LogP contribution in [-0.4, -0.2) is 79.2 Å². The van der Waals surface area contributed by atoms with Gasteiger partial charge in [0.1, 0.15) is 11.8 Å². The zero-order valence-corrected chi connectivity index (χ0v) is 23.8. The number of nitriles is 1. The van der Waals surface area contributed by atoms with Crippen LogP contribution in [0.15, 0.2) is 50.9 Å². The Balaban J connectivity index is 1.62. The molecule has 1 N–H and O–H groups in total. The van der Waals surface area contributed by atoms with E-state index in [0.717, 1.165) is 4.31 Å². The number of allylic oxidation sites excluding steroid dienone is 1. The van der Waals surface area contributed by atoms with Gasteiger partial charge in [0, 0.05) is 39.8 Å². The molecule has 2 fully saturated rings. The van der Waals surface area contributed by atoms with Crippen molar-refractivity contribution < 1.29 is 18.0 Å². The number of nitrogens with zero attached hydrogens (tertiary/aromatic N) is 6. The van der Waals surface area contributed by atoms with Gasteiger partial charge in [-0.25, -0.2) is 22.7 Å². The Morgan fingerprint density at radius 2 is 1.87 bits per heavy atom. The van der Waals surface area contributed by atoms with Crippen LogP contribution >= 0.6 is 0 Å². The Bertz CT molecular complexity index is 1370. The van der Waals surface area contributed by atoms with Gasteiger partial charge in [0.05, 0.1) is 34.3 Å². The van der Waals surface area contributed by atoms with Crippen LogP contribution in [0.3, 0.4) is 0 Å². The van der Waals surface area contributed by atoms with E-state index in [1.165, 1.54) is 32.4 Å². The van der Waals surface area contributed by atoms with Gasteiger partial charge in [-0.3, -0.25) is 20.0 Å². The number of fused-ring (bicyclic) bond motifs is 1. The summed E-state index contributed by atoms with van der Waals surface area (Å²) in [4.78, 5) is 36.4. The number of amides is 2. The first-order valence-corrected chi connectivity index (χ1v) is 14.3. The number of piperidine rings is 1. The van der Waals surface area contributed by atoms with E-state index in [0.29, 0.717) is 49.6 Å². The fraction of sp³-hybridized carbons (Fsp3) is 0.519. The molecule has 3 aliphatic heterocycles. The van der Waals surface area contributed by atoms with Crippen molar-refractivity contribution in [3.8, 4) is 6.07 Å². The van der Waals surface area contributed by atoms with E-state index in [-0.39, 0.29) is 28.5 Å². The highest BCUT2D eigenvalue weighted by Gasteiger charge is 2.50. The van der Waals surface area contributed by atoms with Crippen LogP contribution in [-0.2, 0) is 19.6 Å². The van der Waals surface area contributed by atoms with Crippen molar-refractivity contribution in [2.24, 2.45) is 21.3 Å². The minimum atomic E-state index is -3.59. The highest BCUT2D eigenvalue weighted by molar-refractivity contribution is 7.89. The number of hydrogen-bond acceptors (Lipinski definition) is 7. The largest absolute Gasteiger partial charge is 0.343 e. The first-order chi connectivity index (χ1) is 18.3. The van der Waals surface area contributed by atoms with Gasteiger partial charge in [-0.15, -0.1) is 0 Å². The fourth-order valence-corrected chi connectivity index (χ4v) is 5.98. The summed E-state index contributed by atoms with van der Waals surface area (Å²) in [5.41, 5.74) is 3.65. The molecule has 1 aromatic carbocycles. The zero-order chi connectivity index (χ0) is 28.6. The summed E-state index contributed by atoms with van der Waals surface area (Å²) in [6.45, 7) is 7.11. The maximum atomic E-state index is 12.9. The maximum absolute atomic E-state index is 12.9. The van der Waals surface area contributed by atoms with Gasteiger partial charge in [0.15, 0.2) is 0 Å². The molecule has 0 aromatic heterocycles. The van der Waals surface area contributed by atoms with Crippen molar-refractivity contribution in [3.63, 3.8) is 0 Å². The van der Waals surface area contributed by atoms with Crippen molar-refractivity contribution in [3.05, 3.63) is 36.0 Å². The summed E-state index contributed by atoms with van der Waals surface area (Å²) in [7, 11) is -0.660. The van der Waals surface area contributed by atoms with Gasteiger partial charge < -0.3 is 4.90 Å². The van der Waals surface area contributed by atoms with E-state index in [9.17, 15) is 23.3 Å². The molecule has 0 bridgehead atoms. The highest BCUT2D eigenvalue weighted by Crippen LogP contribution is 2.40. The second kappa shape index (κ2) is 10.5. The SMILES string of the molecule is CN(C)S(=O)(=O)c1ccc(N=C2NN(C3(CC#N)CCN(C(=O)CC(C)(C)C)CC3)C3=CC=NC(=O)C32)cc1. The van der Waals surface area contributed by atoms with Crippen molar-refractivity contribution in [2.75, 3.05) is 27.2 Å². The van der Waals surface area contributed by atoms with E-state index in [1.54, 1.807) is 18.2 Å². The van der Waals surface area contributed by atoms with E-state index in [2.05, 4.69) is 21.5 Å². The summed E-state index contributed by atoms with van der Waals surface area (Å²) < 4.78 is 26.0. The predicted molar refractivity (Wildman–Crippen MR) is 147 cm³/mol. The van der Waals surface area contributed by atoms with Gasteiger partial charge in [-0.05, 0) is 48.6 Å². The monoisotopic (exact) mass is 553 g/mol. The molecule has 1 unspecified atom stereocenters. The third-order valence-electron chi connectivity index (χ3n) is 7.22. The Morgan fingerprint density at radius 3 is 2.44 bits per heavy atom. The first kappa shape index (κ1) is 28.4. The van der Waals surface area contributed by atoms with E-state index < -0.39 is 21.5 Å². The minimum Gasteiger partial charge on any atom is -0.343 e. The molecule has 2 amide bonds. The summed E-state index contributed by atoms with van der Waals surface area (Å²) in [5, 5.41) is 11.6. The third-order valence-corrected chi connectivity index (χ3v) is 9.05. The molecule has 0 spiro atoms. The van der Waals surface area contributed by atoms with E-state index >= 15 is 0 Å². The molecule has 1 atom stereocenters. The lowest BCUT2D eigenvalue weighted by Gasteiger charge is -2.47. The molecular weight excluding hydrogens is 518 g/mol. The Kier molecular flexibility index (Phi) is 7.69. The van der Waals surface area contributed by atoms with Gasteiger partial charge >= 0.3 is 0 Å². The molecule has 0 radical (unpaired) electrons. The van der Waals surface area contributed by atoms with Crippen LogP contribution in [0.5, 0.6) is 0 Å². The van der Waals surface area contributed by atoms with Gasteiger partial charge in [0.2, 0.25) is 15.9 Å². The zero-order valence-electron chi connectivity index (χ0n) is 23.0.